The number of aromatic nitrogens is 2. The van der Waals surface area contributed by atoms with Gasteiger partial charge in [-0.05, 0) is 48.4 Å². The first-order valence-corrected chi connectivity index (χ1v) is 9.08. The number of hydrogen-bond acceptors (Lipinski definition) is 5. The minimum Gasteiger partial charge on any atom is -0.313 e. The molecule has 0 fully saturated rings. The summed E-state index contributed by atoms with van der Waals surface area (Å²) in [6, 6.07) is 16.0. The van der Waals surface area contributed by atoms with Gasteiger partial charge in [0.1, 0.15) is 5.56 Å². The molecule has 0 amide bonds. The number of nitrogens with zero attached hydrogens (tertiary/aromatic N) is 4. The Morgan fingerprint density at radius 1 is 1.25 bits per heavy atom. The van der Waals surface area contributed by atoms with Crippen molar-refractivity contribution in [2.45, 2.75) is 19.8 Å². The third kappa shape index (κ3) is 4.45. The molecule has 0 atom stereocenters. The molecule has 3 aromatic rings. The fourth-order valence-electron chi connectivity index (χ4n) is 2.65. The Kier molecular flexibility index (Phi) is 6.20. The number of halogens is 1. The molecule has 0 N–H and O–H groups in total. The van der Waals surface area contributed by atoms with Crippen LogP contribution in [0.25, 0.3) is 5.69 Å². The molecule has 2 aromatic carbocycles. The van der Waals surface area contributed by atoms with E-state index in [9.17, 15) is 4.79 Å². The van der Waals surface area contributed by atoms with Gasteiger partial charge < -0.3 is 4.84 Å². The molecular formula is C21H17ClN4O2. The second kappa shape index (κ2) is 8.98. The fraction of sp³-hybridized carbons (Fsp3) is 0.143. The van der Waals surface area contributed by atoms with Crippen LogP contribution in [-0.4, -0.2) is 22.0 Å². The quantitative estimate of drug-likeness (QED) is 0.350. The van der Waals surface area contributed by atoms with E-state index in [1.165, 1.54) is 12.4 Å². The van der Waals surface area contributed by atoms with Crippen molar-refractivity contribution in [2.75, 3.05) is 0 Å². The van der Waals surface area contributed by atoms with Crippen LogP contribution in [0.2, 0.25) is 5.02 Å². The van der Waals surface area contributed by atoms with Crippen molar-refractivity contribution < 1.29 is 9.63 Å². The molecule has 0 saturated heterocycles. The second-order valence-electron chi connectivity index (χ2n) is 5.99. The number of benzene rings is 2. The van der Waals surface area contributed by atoms with Crippen LogP contribution < -0.4 is 0 Å². The number of carbonyl (C=O) groups excluding carboxylic acids is 1. The monoisotopic (exact) mass is 392 g/mol. The van der Waals surface area contributed by atoms with Crippen LogP contribution in [0.1, 0.15) is 40.5 Å². The molecule has 28 heavy (non-hydrogen) atoms. The molecule has 3 rings (SSSR count). The molecule has 7 heteroatoms. The molecule has 0 spiro atoms. The molecule has 0 aliphatic carbocycles. The number of oxime groups is 1. The maximum absolute atomic E-state index is 12.5. The summed E-state index contributed by atoms with van der Waals surface area (Å²) in [4.78, 5) is 17.5. The van der Waals surface area contributed by atoms with Crippen molar-refractivity contribution in [1.82, 2.24) is 9.78 Å². The van der Waals surface area contributed by atoms with E-state index in [0.29, 0.717) is 22.6 Å². The van der Waals surface area contributed by atoms with Crippen molar-refractivity contribution >= 4 is 23.8 Å². The Labute approximate surface area is 167 Å². The average Bonchev–Trinajstić information content (AvgIpc) is 3.13. The highest BCUT2D eigenvalue weighted by Gasteiger charge is 2.19. The van der Waals surface area contributed by atoms with E-state index in [-0.39, 0.29) is 0 Å². The minimum atomic E-state index is -0.575. The SMILES string of the molecule is CCCc1c(C(=O)O/N=C\c2ccc(C#N)cc2)cnn1-c1ccc(Cl)cc1. The molecule has 0 aliphatic heterocycles. The van der Waals surface area contributed by atoms with Gasteiger partial charge in [-0.25, -0.2) is 9.48 Å². The van der Waals surface area contributed by atoms with Gasteiger partial charge in [0.15, 0.2) is 0 Å². The van der Waals surface area contributed by atoms with Crippen molar-refractivity contribution in [3.63, 3.8) is 0 Å². The highest BCUT2D eigenvalue weighted by atomic mass is 35.5. The number of carbonyl (C=O) groups is 1. The van der Waals surface area contributed by atoms with Gasteiger partial charge >= 0.3 is 5.97 Å². The lowest BCUT2D eigenvalue weighted by Crippen LogP contribution is -2.08. The van der Waals surface area contributed by atoms with Gasteiger partial charge in [-0.2, -0.15) is 10.4 Å². The summed E-state index contributed by atoms with van der Waals surface area (Å²) in [6.07, 6.45) is 4.40. The molecule has 1 heterocycles. The Bertz CT molecular complexity index is 1030. The van der Waals surface area contributed by atoms with E-state index in [0.717, 1.165) is 23.4 Å². The predicted octanol–water partition coefficient (Wildman–Crippen LogP) is 4.54. The van der Waals surface area contributed by atoms with Gasteiger partial charge in [-0.3, -0.25) is 0 Å². The van der Waals surface area contributed by atoms with Crippen molar-refractivity contribution in [2.24, 2.45) is 5.16 Å². The standard InChI is InChI=1S/C21H17ClN4O2/c1-2-3-20-19(14-24-26(20)18-10-8-17(22)9-11-18)21(27)28-25-13-16-6-4-15(12-23)5-7-16/h4-11,13-14H,2-3H2,1H3/b25-13-. The molecule has 0 saturated carbocycles. The number of hydrogen-bond donors (Lipinski definition) is 0. The van der Waals surface area contributed by atoms with Crippen molar-refractivity contribution in [1.29, 1.82) is 5.26 Å². The van der Waals surface area contributed by atoms with Crippen LogP contribution in [0, 0.1) is 11.3 Å². The lowest BCUT2D eigenvalue weighted by atomic mass is 10.1. The number of rotatable bonds is 6. The zero-order valence-electron chi connectivity index (χ0n) is 15.2. The summed E-state index contributed by atoms with van der Waals surface area (Å²) in [6.45, 7) is 2.03. The van der Waals surface area contributed by atoms with Gasteiger partial charge in [-0.15, -0.1) is 0 Å². The summed E-state index contributed by atoms with van der Waals surface area (Å²) >= 11 is 5.94. The zero-order valence-corrected chi connectivity index (χ0v) is 15.9. The van der Waals surface area contributed by atoms with Crippen molar-refractivity contribution in [3.05, 3.63) is 82.1 Å². The van der Waals surface area contributed by atoms with Crippen LogP contribution in [0.5, 0.6) is 0 Å². The van der Waals surface area contributed by atoms with E-state index < -0.39 is 5.97 Å². The number of nitriles is 1. The lowest BCUT2D eigenvalue weighted by Gasteiger charge is -2.08. The van der Waals surface area contributed by atoms with E-state index >= 15 is 0 Å². The molecule has 0 bridgehead atoms. The van der Waals surface area contributed by atoms with E-state index in [2.05, 4.69) is 10.3 Å². The molecular weight excluding hydrogens is 376 g/mol. The Morgan fingerprint density at radius 3 is 2.61 bits per heavy atom. The lowest BCUT2D eigenvalue weighted by molar-refractivity contribution is 0.0518. The fourth-order valence-corrected chi connectivity index (χ4v) is 2.78. The highest BCUT2D eigenvalue weighted by molar-refractivity contribution is 6.30. The maximum Gasteiger partial charge on any atom is 0.369 e. The average molecular weight is 393 g/mol. The second-order valence-corrected chi connectivity index (χ2v) is 6.43. The summed E-state index contributed by atoms with van der Waals surface area (Å²) < 4.78 is 1.71. The van der Waals surface area contributed by atoms with Crippen LogP contribution in [0.4, 0.5) is 0 Å². The smallest absolute Gasteiger partial charge is 0.313 e. The summed E-state index contributed by atoms with van der Waals surface area (Å²) in [5.41, 5.74) is 3.20. The molecule has 6 nitrogen and oxygen atoms in total. The van der Waals surface area contributed by atoms with Gasteiger partial charge in [-0.1, -0.05) is 42.2 Å². The first-order chi connectivity index (χ1) is 13.6. The van der Waals surface area contributed by atoms with Gasteiger partial charge in [0, 0.05) is 5.02 Å². The van der Waals surface area contributed by atoms with Crippen LogP contribution >= 0.6 is 11.6 Å². The van der Waals surface area contributed by atoms with E-state index in [1.54, 1.807) is 41.1 Å². The van der Waals surface area contributed by atoms with Crippen LogP contribution in [-0.2, 0) is 11.3 Å². The summed E-state index contributed by atoms with van der Waals surface area (Å²) in [5.74, 6) is -0.575. The Morgan fingerprint density at radius 2 is 1.96 bits per heavy atom. The first kappa shape index (κ1) is 19.3. The third-order valence-electron chi connectivity index (χ3n) is 4.02. The maximum atomic E-state index is 12.5. The highest BCUT2D eigenvalue weighted by Crippen LogP contribution is 2.19. The van der Waals surface area contributed by atoms with Crippen LogP contribution in [0.15, 0.2) is 59.9 Å². The normalized spacial score (nSPS) is 10.8. The summed E-state index contributed by atoms with van der Waals surface area (Å²) in [7, 11) is 0. The zero-order chi connectivity index (χ0) is 19.9. The molecule has 0 aliphatic rings. The largest absolute Gasteiger partial charge is 0.369 e. The van der Waals surface area contributed by atoms with Gasteiger partial charge in [0.25, 0.3) is 0 Å². The molecule has 0 unspecified atom stereocenters. The Balaban J connectivity index is 1.78. The molecule has 0 radical (unpaired) electrons. The first-order valence-electron chi connectivity index (χ1n) is 8.70. The van der Waals surface area contributed by atoms with Crippen molar-refractivity contribution in [3.8, 4) is 11.8 Å². The van der Waals surface area contributed by atoms with Gasteiger partial charge in [0.2, 0.25) is 0 Å². The van der Waals surface area contributed by atoms with Crippen LogP contribution in [0.3, 0.4) is 0 Å². The van der Waals surface area contributed by atoms with Gasteiger partial charge in [0.05, 0.1) is 35.4 Å². The minimum absolute atomic E-state index is 0.369. The van der Waals surface area contributed by atoms with E-state index in [4.69, 9.17) is 21.7 Å². The molecule has 140 valence electrons. The Hall–Kier alpha value is -3.43. The van der Waals surface area contributed by atoms with E-state index in [1.807, 2.05) is 25.1 Å². The molecule has 1 aromatic heterocycles. The topological polar surface area (TPSA) is 80.3 Å². The third-order valence-corrected chi connectivity index (χ3v) is 4.28. The summed E-state index contributed by atoms with van der Waals surface area (Å²) in [5, 5.41) is 17.5. The predicted molar refractivity (Wildman–Crippen MR) is 107 cm³/mol.